The molecule has 0 saturated heterocycles. The van der Waals surface area contributed by atoms with Crippen molar-refractivity contribution >= 4 is 11.9 Å². The van der Waals surface area contributed by atoms with Gasteiger partial charge in [0.05, 0.1) is 7.11 Å². The first-order valence-corrected chi connectivity index (χ1v) is 6.96. The third kappa shape index (κ3) is 3.74. The van der Waals surface area contributed by atoms with Gasteiger partial charge in [-0.15, -0.1) is 0 Å². The molecule has 5 heteroatoms. The van der Waals surface area contributed by atoms with Crippen molar-refractivity contribution in [3.63, 3.8) is 0 Å². The van der Waals surface area contributed by atoms with Gasteiger partial charge >= 0.3 is 5.97 Å². The van der Waals surface area contributed by atoms with Crippen molar-refractivity contribution in [2.24, 2.45) is 0 Å². The number of carbonyl (C=O) groups excluding carboxylic acids is 1. The average molecular weight is 293 g/mol. The van der Waals surface area contributed by atoms with Crippen LogP contribution in [0, 0.1) is 13.8 Å². The molecule has 0 radical (unpaired) electrons. The van der Waals surface area contributed by atoms with Crippen LogP contribution in [0.15, 0.2) is 12.1 Å². The van der Waals surface area contributed by atoms with Gasteiger partial charge in [-0.2, -0.15) is 0 Å². The van der Waals surface area contributed by atoms with Gasteiger partial charge < -0.3 is 15.2 Å². The van der Waals surface area contributed by atoms with Gasteiger partial charge in [-0.1, -0.05) is 13.3 Å². The predicted molar refractivity (Wildman–Crippen MR) is 80.9 cm³/mol. The highest BCUT2D eigenvalue weighted by Crippen LogP contribution is 2.24. The van der Waals surface area contributed by atoms with Crippen LogP contribution >= 0.6 is 0 Å². The zero-order valence-electron chi connectivity index (χ0n) is 13.2. The lowest BCUT2D eigenvalue weighted by Crippen LogP contribution is -2.52. The van der Waals surface area contributed by atoms with Gasteiger partial charge in [0.25, 0.3) is 5.91 Å². The van der Waals surface area contributed by atoms with E-state index in [0.29, 0.717) is 18.4 Å². The van der Waals surface area contributed by atoms with E-state index in [1.807, 2.05) is 20.8 Å². The molecule has 1 rings (SSSR count). The van der Waals surface area contributed by atoms with Crippen LogP contribution in [-0.4, -0.2) is 29.6 Å². The lowest BCUT2D eigenvalue weighted by Gasteiger charge is -2.26. The highest BCUT2D eigenvalue weighted by Gasteiger charge is 2.34. The van der Waals surface area contributed by atoms with E-state index in [1.54, 1.807) is 19.2 Å². The Morgan fingerprint density at radius 1 is 1.29 bits per heavy atom. The van der Waals surface area contributed by atoms with Crippen LogP contribution in [0.3, 0.4) is 0 Å². The maximum atomic E-state index is 12.3. The Hall–Kier alpha value is -2.04. The van der Waals surface area contributed by atoms with E-state index in [2.05, 4.69) is 5.32 Å². The maximum Gasteiger partial charge on any atom is 0.329 e. The molecule has 0 aliphatic heterocycles. The predicted octanol–water partition coefficient (Wildman–Crippen LogP) is 2.69. The van der Waals surface area contributed by atoms with E-state index in [1.165, 1.54) is 6.92 Å². The SMILES string of the molecule is CCCC(C)(NC(=O)c1cc(C)c(OC)c(C)c1)C(=O)O. The van der Waals surface area contributed by atoms with Crippen LogP contribution in [0.1, 0.15) is 48.2 Å². The van der Waals surface area contributed by atoms with E-state index in [9.17, 15) is 14.7 Å². The molecule has 0 bridgehead atoms. The number of methoxy groups -OCH3 is 1. The van der Waals surface area contributed by atoms with E-state index in [-0.39, 0.29) is 5.91 Å². The number of rotatable bonds is 6. The number of benzene rings is 1. The molecule has 21 heavy (non-hydrogen) atoms. The molecule has 0 saturated carbocycles. The molecule has 0 fully saturated rings. The van der Waals surface area contributed by atoms with Gasteiger partial charge in [0, 0.05) is 5.56 Å². The third-order valence-electron chi connectivity index (χ3n) is 3.54. The largest absolute Gasteiger partial charge is 0.496 e. The molecule has 5 nitrogen and oxygen atoms in total. The van der Waals surface area contributed by atoms with Crippen molar-refractivity contribution in [1.82, 2.24) is 5.32 Å². The Balaban J connectivity index is 3.07. The molecule has 1 aromatic carbocycles. The molecule has 0 aromatic heterocycles. The minimum absolute atomic E-state index is 0.377. The molecule has 0 spiro atoms. The summed E-state index contributed by atoms with van der Waals surface area (Å²) in [6, 6.07) is 3.41. The average Bonchev–Trinajstić information content (AvgIpc) is 2.38. The molecule has 1 atom stereocenters. The number of nitrogens with one attached hydrogen (secondary N) is 1. The smallest absolute Gasteiger partial charge is 0.329 e. The van der Waals surface area contributed by atoms with Crippen molar-refractivity contribution in [2.75, 3.05) is 7.11 Å². The zero-order chi connectivity index (χ0) is 16.2. The molecule has 0 heterocycles. The number of carboxylic acids is 1. The number of carboxylic acid groups (broad SMARTS) is 1. The number of amides is 1. The normalized spacial score (nSPS) is 13.4. The van der Waals surface area contributed by atoms with Crippen molar-refractivity contribution in [2.45, 2.75) is 46.1 Å². The molecule has 1 amide bonds. The monoisotopic (exact) mass is 293 g/mol. The standard InChI is InChI=1S/C16H23NO4/c1-6-7-16(4,15(19)20)17-14(18)12-8-10(2)13(21-5)11(3)9-12/h8-9H,6-7H2,1-5H3,(H,17,18)(H,19,20). The van der Waals surface area contributed by atoms with Gasteiger partial charge in [-0.3, -0.25) is 4.79 Å². The molecule has 2 N–H and O–H groups in total. The summed E-state index contributed by atoms with van der Waals surface area (Å²) in [5, 5.41) is 11.9. The second-order valence-corrected chi connectivity index (χ2v) is 5.48. The summed E-state index contributed by atoms with van der Waals surface area (Å²) in [7, 11) is 1.58. The molecular formula is C16H23NO4. The number of aliphatic carboxylic acids is 1. The highest BCUT2D eigenvalue weighted by molar-refractivity contribution is 5.98. The van der Waals surface area contributed by atoms with Crippen LogP contribution in [0.2, 0.25) is 0 Å². The van der Waals surface area contributed by atoms with E-state index < -0.39 is 11.5 Å². The molecular weight excluding hydrogens is 270 g/mol. The van der Waals surface area contributed by atoms with Crippen molar-refractivity contribution in [3.8, 4) is 5.75 Å². The minimum atomic E-state index is -1.26. The summed E-state index contributed by atoms with van der Waals surface area (Å²) in [4.78, 5) is 23.7. The number of ether oxygens (including phenoxy) is 1. The summed E-state index contributed by atoms with van der Waals surface area (Å²) >= 11 is 0. The minimum Gasteiger partial charge on any atom is -0.496 e. The Bertz CT molecular complexity index is 530. The molecule has 0 aliphatic rings. The lowest BCUT2D eigenvalue weighted by atomic mass is 9.95. The Morgan fingerprint density at radius 3 is 2.19 bits per heavy atom. The lowest BCUT2D eigenvalue weighted by molar-refractivity contribution is -0.144. The van der Waals surface area contributed by atoms with E-state index >= 15 is 0 Å². The second-order valence-electron chi connectivity index (χ2n) is 5.48. The molecule has 1 aromatic rings. The topological polar surface area (TPSA) is 75.6 Å². The Labute approximate surface area is 125 Å². The summed E-state index contributed by atoms with van der Waals surface area (Å²) in [6.45, 7) is 7.12. The van der Waals surface area contributed by atoms with Gasteiger partial charge in [-0.25, -0.2) is 4.79 Å². The summed E-state index contributed by atoms with van der Waals surface area (Å²) in [6.07, 6.45) is 1.05. The molecule has 0 aliphatic carbocycles. The fraction of sp³-hybridized carbons (Fsp3) is 0.500. The van der Waals surface area contributed by atoms with Crippen LogP contribution in [0.5, 0.6) is 5.75 Å². The first-order chi connectivity index (χ1) is 9.75. The number of aryl methyl sites for hydroxylation is 2. The van der Waals surface area contributed by atoms with Crippen molar-refractivity contribution in [1.29, 1.82) is 0 Å². The van der Waals surface area contributed by atoms with E-state index in [0.717, 1.165) is 16.9 Å². The van der Waals surface area contributed by atoms with Gasteiger partial charge in [0.15, 0.2) is 0 Å². The molecule has 116 valence electrons. The van der Waals surface area contributed by atoms with E-state index in [4.69, 9.17) is 4.74 Å². The van der Waals surface area contributed by atoms with Crippen LogP contribution < -0.4 is 10.1 Å². The first kappa shape index (κ1) is 17.0. The van der Waals surface area contributed by atoms with Gasteiger partial charge in [0.2, 0.25) is 0 Å². The van der Waals surface area contributed by atoms with Crippen molar-refractivity contribution in [3.05, 3.63) is 28.8 Å². The number of hydrogen-bond acceptors (Lipinski definition) is 3. The highest BCUT2D eigenvalue weighted by atomic mass is 16.5. The summed E-state index contributed by atoms with van der Waals surface area (Å²) in [5.41, 5.74) is 0.868. The van der Waals surface area contributed by atoms with Crippen molar-refractivity contribution < 1.29 is 19.4 Å². The van der Waals surface area contributed by atoms with Crippen LogP contribution in [0.25, 0.3) is 0 Å². The zero-order valence-corrected chi connectivity index (χ0v) is 13.2. The number of hydrogen-bond donors (Lipinski definition) is 2. The van der Waals surface area contributed by atoms with Gasteiger partial charge in [0.1, 0.15) is 11.3 Å². The first-order valence-electron chi connectivity index (χ1n) is 6.96. The molecule has 1 unspecified atom stereocenters. The third-order valence-corrected chi connectivity index (χ3v) is 3.54. The summed E-state index contributed by atoms with van der Waals surface area (Å²) < 4.78 is 5.26. The van der Waals surface area contributed by atoms with Gasteiger partial charge in [-0.05, 0) is 50.5 Å². The second kappa shape index (κ2) is 6.61. The van der Waals surface area contributed by atoms with Crippen LogP contribution in [-0.2, 0) is 4.79 Å². The quantitative estimate of drug-likeness (QED) is 0.845. The fourth-order valence-corrected chi connectivity index (χ4v) is 2.45. The van der Waals surface area contributed by atoms with Crippen LogP contribution in [0.4, 0.5) is 0 Å². The fourth-order valence-electron chi connectivity index (χ4n) is 2.45. The Morgan fingerprint density at radius 2 is 1.81 bits per heavy atom. The number of carbonyl (C=O) groups is 2. The Kier molecular flexibility index (Phi) is 5.35. The summed E-state index contributed by atoms with van der Waals surface area (Å²) in [5.74, 6) is -0.678. The maximum absolute atomic E-state index is 12.3.